The first-order valence-corrected chi connectivity index (χ1v) is 4.55. The van der Waals surface area contributed by atoms with Crippen molar-refractivity contribution >= 4 is 11.5 Å². The standard InChI is InChI=1S/C12H11N2/c1-10-6-2-3-7-11(10)14-12-8-4-5-9-13-12/h2-9H,1H3/q-1. The van der Waals surface area contributed by atoms with Crippen LogP contribution in [-0.4, -0.2) is 4.98 Å². The van der Waals surface area contributed by atoms with Gasteiger partial charge in [0.15, 0.2) is 0 Å². The van der Waals surface area contributed by atoms with Crippen molar-refractivity contribution < 1.29 is 0 Å². The molecule has 2 rings (SSSR count). The Bertz CT molecular complexity index is 410. The lowest BCUT2D eigenvalue weighted by molar-refractivity contribution is 1.33. The van der Waals surface area contributed by atoms with Gasteiger partial charge in [0.2, 0.25) is 0 Å². The van der Waals surface area contributed by atoms with Crippen LogP contribution >= 0.6 is 0 Å². The Balaban J connectivity index is 2.24. The van der Waals surface area contributed by atoms with Gasteiger partial charge < -0.3 is 10.3 Å². The number of pyridine rings is 1. The molecule has 0 radical (unpaired) electrons. The summed E-state index contributed by atoms with van der Waals surface area (Å²) in [4.78, 5) is 4.15. The zero-order valence-corrected chi connectivity index (χ0v) is 8.01. The Morgan fingerprint density at radius 2 is 1.79 bits per heavy atom. The van der Waals surface area contributed by atoms with E-state index in [2.05, 4.69) is 10.3 Å². The number of aryl methyl sites for hydroxylation is 1. The summed E-state index contributed by atoms with van der Waals surface area (Å²) in [5.41, 5.74) is 2.14. The fourth-order valence-corrected chi connectivity index (χ4v) is 1.23. The predicted octanol–water partition coefficient (Wildman–Crippen LogP) is 3.73. The van der Waals surface area contributed by atoms with Crippen molar-refractivity contribution in [1.82, 2.24) is 4.98 Å². The van der Waals surface area contributed by atoms with Crippen LogP contribution in [0.5, 0.6) is 0 Å². The molecule has 14 heavy (non-hydrogen) atoms. The largest absolute Gasteiger partial charge is 0.443 e. The third-order valence-corrected chi connectivity index (χ3v) is 2.00. The summed E-state index contributed by atoms with van der Waals surface area (Å²) in [6.07, 6.45) is 1.75. The van der Waals surface area contributed by atoms with E-state index in [9.17, 15) is 0 Å². The summed E-state index contributed by atoms with van der Waals surface area (Å²) in [6, 6.07) is 13.7. The Labute approximate surface area is 83.6 Å². The number of rotatable bonds is 2. The molecule has 0 spiro atoms. The molecule has 0 aliphatic carbocycles. The first kappa shape index (κ1) is 8.75. The molecule has 0 fully saturated rings. The van der Waals surface area contributed by atoms with Crippen LogP contribution in [0.3, 0.4) is 0 Å². The Kier molecular flexibility index (Phi) is 2.45. The molecule has 0 aliphatic heterocycles. The van der Waals surface area contributed by atoms with Gasteiger partial charge in [-0.15, -0.1) is 0 Å². The van der Waals surface area contributed by atoms with Crippen LogP contribution in [0.15, 0.2) is 48.7 Å². The molecule has 2 heteroatoms. The number of aromatic nitrogens is 1. The lowest BCUT2D eigenvalue weighted by Crippen LogP contribution is -1.76. The molecule has 0 saturated heterocycles. The minimum absolute atomic E-state index is 0.752. The minimum Gasteiger partial charge on any atom is -0.443 e. The first-order chi connectivity index (χ1) is 6.86. The molecule has 2 aromatic rings. The van der Waals surface area contributed by atoms with E-state index in [4.69, 9.17) is 0 Å². The van der Waals surface area contributed by atoms with Crippen LogP contribution in [-0.2, 0) is 0 Å². The third-order valence-electron chi connectivity index (χ3n) is 2.00. The summed E-state index contributed by atoms with van der Waals surface area (Å²) in [7, 11) is 0. The molecule has 2 nitrogen and oxygen atoms in total. The van der Waals surface area contributed by atoms with Gasteiger partial charge in [0.05, 0.1) is 0 Å². The van der Waals surface area contributed by atoms with Gasteiger partial charge in [-0.2, -0.15) is 0 Å². The summed E-state index contributed by atoms with van der Waals surface area (Å²) in [5.74, 6) is 0.752. The predicted molar refractivity (Wildman–Crippen MR) is 58.1 cm³/mol. The molecule has 0 aliphatic rings. The number of nitrogens with zero attached hydrogens (tertiary/aromatic N) is 2. The second kappa shape index (κ2) is 3.92. The molecule has 1 aromatic heterocycles. The van der Waals surface area contributed by atoms with Crippen molar-refractivity contribution in [2.24, 2.45) is 0 Å². The second-order valence-corrected chi connectivity index (χ2v) is 3.09. The van der Waals surface area contributed by atoms with Crippen LogP contribution in [0.25, 0.3) is 5.32 Å². The summed E-state index contributed by atoms with van der Waals surface area (Å²) < 4.78 is 0. The van der Waals surface area contributed by atoms with E-state index in [0.29, 0.717) is 0 Å². The molecule has 0 atom stereocenters. The molecular weight excluding hydrogens is 172 g/mol. The van der Waals surface area contributed by atoms with Gasteiger partial charge in [-0.3, -0.25) is 0 Å². The number of hydrogen-bond acceptors (Lipinski definition) is 1. The molecule has 0 N–H and O–H groups in total. The molecule has 1 aromatic carbocycles. The number of benzene rings is 1. The van der Waals surface area contributed by atoms with Crippen LogP contribution in [0.1, 0.15) is 5.56 Å². The smallest absolute Gasteiger partial charge is 0.0385 e. The van der Waals surface area contributed by atoms with Crippen molar-refractivity contribution in [2.75, 3.05) is 0 Å². The van der Waals surface area contributed by atoms with E-state index in [-0.39, 0.29) is 0 Å². The maximum absolute atomic E-state index is 4.43. The van der Waals surface area contributed by atoms with Crippen LogP contribution < -0.4 is 0 Å². The Hall–Kier alpha value is -1.83. The van der Waals surface area contributed by atoms with E-state index in [1.165, 1.54) is 0 Å². The number of hydrogen-bond donors (Lipinski definition) is 0. The Morgan fingerprint density at radius 1 is 1.00 bits per heavy atom. The van der Waals surface area contributed by atoms with Crippen molar-refractivity contribution in [3.63, 3.8) is 0 Å². The fraction of sp³-hybridized carbons (Fsp3) is 0.0833. The highest BCUT2D eigenvalue weighted by Gasteiger charge is 1.89. The first-order valence-electron chi connectivity index (χ1n) is 4.55. The van der Waals surface area contributed by atoms with Crippen molar-refractivity contribution in [1.29, 1.82) is 0 Å². The van der Waals surface area contributed by atoms with E-state index in [0.717, 1.165) is 17.1 Å². The quantitative estimate of drug-likeness (QED) is 0.696. The summed E-state index contributed by atoms with van der Waals surface area (Å²) >= 11 is 0. The van der Waals surface area contributed by atoms with Gasteiger partial charge in [0, 0.05) is 0 Å². The van der Waals surface area contributed by atoms with Gasteiger partial charge in [0.1, 0.15) is 0 Å². The van der Waals surface area contributed by atoms with E-state index >= 15 is 0 Å². The Morgan fingerprint density at radius 3 is 2.50 bits per heavy atom. The maximum atomic E-state index is 4.43. The van der Waals surface area contributed by atoms with Gasteiger partial charge in [-0.05, 0) is 18.2 Å². The molecule has 1 heterocycles. The SMILES string of the molecule is Cc1ccccc1[N-]c1ccccn1. The van der Waals surface area contributed by atoms with Gasteiger partial charge in [-0.25, -0.2) is 0 Å². The average Bonchev–Trinajstić information content (AvgIpc) is 2.23. The van der Waals surface area contributed by atoms with Crippen LogP contribution in [0.2, 0.25) is 0 Å². The minimum atomic E-state index is 0.752. The number of para-hydroxylation sites is 1. The lowest BCUT2D eigenvalue weighted by Gasteiger charge is -2.16. The zero-order valence-electron chi connectivity index (χ0n) is 8.01. The van der Waals surface area contributed by atoms with E-state index in [1.54, 1.807) is 6.20 Å². The van der Waals surface area contributed by atoms with E-state index < -0.39 is 0 Å². The zero-order chi connectivity index (χ0) is 9.80. The fourth-order valence-electron chi connectivity index (χ4n) is 1.23. The topological polar surface area (TPSA) is 27.0 Å². The molecular formula is C12H11N2-. The van der Waals surface area contributed by atoms with Crippen molar-refractivity contribution in [3.8, 4) is 0 Å². The molecule has 0 amide bonds. The average molecular weight is 183 g/mol. The highest BCUT2D eigenvalue weighted by atomic mass is 15.0. The van der Waals surface area contributed by atoms with Crippen LogP contribution in [0.4, 0.5) is 11.5 Å². The summed E-state index contributed by atoms with van der Waals surface area (Å²) in [5, 5.41) is 4.43. The maximum Gasteiger partial charge on any atom is -0.0385 e. The van der Waals surface area contributed by atoms with Crippen molar-refractivity contribution in [3.05, 3.63) is 59.5 Å². The lowest BCUT2D eigenvalue weighted by atomic mass is 10.2. The molecule has 0 bridgehead atoms. The molecule has 0 unspecified atom stereocenters. The monoisotopic (exact) mass is 183 g/mol. The normalized spacial score (nSPS) is 9.79. The van der Waals surface area contributed by atoms with Gasteiger partial charge in [-0.1, -0.05) is 54.5 Å². The third kappa shape index (κ3) is 1.91. The van der Waals surface area contributed by atoms with Crippen LogP contribution in [0, 0.1) is 6.92 Å². The van der Waals surface area contributed by atoms with E-state index in [1.807, 2.05) is 49.4 Å². The highest BCUT2D eigenvalue weighted by molar-refractivity contribution is 5.65. The molecule has 0 saturated carbocycles. The second-order valence-electron chi connectivity index (χ2n) is 3.09. The van der Waals surface area contributed by atoms with Gasteiger partial charge >= 0.3 is 0 Å². The molecule has 70 valence electrons. The summed E-state index contributed by atoms with van der Waals surface area (Å²) in [6.45, 7) is 2.04. The van der Waals surface area contributed by atoms with Crippen molar-refractivity contribution in [2.45, 2.75) is 6.92 Å². The van der Waals surface area contributed by atoms with Gasteiger partial charge in [0.25, 0.3) is 0 Å². The highest BCUT2D eigenvalue weighted by Crippen LogP contribution is 2.29.